The molecule has 0 unspecified atom stereocenters. The number of carbonyl (C=O) groups is 1. The molecule has 3 aromatic rings. The van der Waals surface area contributed by atoms with Crippen molar-refractivity contribution in [1.82, 2.24) is 15.2 Å². The summed E-state index contributed by atoms with van der Waals surface area (Å²) in [6.07, 6.45) is 0. The van der Waals surface area contributed by atoms with Crippen LogP contribution in [0.1, 0.15) is 6.92 Å². The lowest BCUT2D eigenvalue weighted by atomic mass is 10.2. The predicted octanol–water partition coefficient (Wildman–Crippen LogP) is 4.39. The molecular formula is C18H16ClFN4O2S. The summed E-state index contributed by atoms with van der Waals surface area (Å²) in [5, 5.41) is 9.61. The maximum atomic E-state index is 13.2. The largest absolute Gasteiger partial charge is 0.497 e. The number of carbonyl (C=O) groups excluding carboxylic acids is 1. The fraction of sp³-hybridized carbons (Fsp3) is 0.167. The molecule has 0 aliphatic heterocycles. The molecule has 1 atom stereocenters. The Hall–Kier alpha value is -2.58. The zero-order chi connectivity index (χ0) is 19.4. The van der Waals surface area contributed by atoms with Crippen molar-refractivity contribution in [3.8, 4) is 17.1 Å². The Labute approximate surface area is 164 Å². The maximum Gasteiger partial charge on any atom is 0.237 e. The molecular weight excluding hydrogens is 391 g/mol. The van der Waals surface area contributed by atoms with Crippen LogP contribution in [0.4, 0.5) is 10.1 Å². The number of anilines is 1. The molecule has 0 aliphatic carbocycles. The predicted molar refractivity (Wildman–Crippen MR) is 104 cm³/mol. The highest BCUT2D eigenvalue weighted by Crippen LogP contribution is 2.25. The van der Waals surface area contributed by atoms with Crippen molar-refractivity contribution in [3.05, 3.63) is 53.3 Å². The number of benzene rings is 2. The molecule has 0 bridgehead atoms. The lowest BCUT2D eigenvalue weighted by Gasteiger charge is -2.10. The fourth-order valence-corrected chi connectivity index (χ4v) is 3.11. The minimum atomic E-state index is -0.538. The van der Waals surface area contributed by atoms with E-state index in [9.17, 15) is 9.18 Å². The van der Waals surface area contributed by atoms with Crippen LogP contribution >= 0.6 is 23.4 Å². The lowest BCUT2D eigenvalue weighted by Crippen LogP contribution is -2.22. The number of methoxy groups -OCH3 is 1. The van der Waals surface area contributed by atoms with Crippen molar-refractivity contribution in [3.63, 3.8) is 0 Å². The van der Waals surface area contributed by atoms with E-state index in [4.69, 9.17) is 16.3 Å². The summed E-state index contributed by atoms with van der Waals surface area (Å²) < 4.78 is 18.3. The minimum Gasteiger partial charge on any atom is -0.497 e. The summed E-state index contributed by atoms with van der Waals surface area (Å²) in [6, 6.07) is 11.4. The van der Waals surface area contributed by atoms with E-state index in [0.717, 1.165) is 11.3 Å². The number of aromatic amines is 1. The van der Waals surface area contributed by atoms with E-state index in [1.54, 1.807) is 14.0 Å². The van der Waals surface area contributed by atoms with Crippen molar-refractivity contribution >= 4 is 35.0 Å². The summed E-state index contributed by atoms with van der Waals surface area (Å²) in [7, 11) is 1.60. The number of halogens is 2. The van der Waals surface area contributed by atoms with Crippen LogP contribution in [0.5, 0.6) is 5.75 Å². The van der Waals surface area contributed by atoms with Crippen molar-refractivity contribution in [1.29, 1.82) is 0 Å². The zero-order valence-corrected chi connectivity index (χ0v) is 16.1. The van der Waals surface area contributed by atoms with Gasteiger partial charge in [-0.25, -0.2) is 9.37 Å². The molecule has 0 aliphatic rings. The number of ether oxygens (including phenoxy) is 1. The molecule has 1 aromatic heterocycles. The van der Waals surface area contributed by atoms with Crippen molar-refractivity contribution in [2.24, 2.45) is 0 Å². The van der Waals surface area contributed by atoms with Crippen LogP contribution < -0.4 is 10.1 Å². The van der Waals surface area contributed by atoms with Crippen LogP contribution in [-0.4, -0.2) is 33.4 Å². The monoisotopic (exact) mass is 406 g/mol. The van der Waals surface area contributed by atoms with Gasteiger partial charge in [-0.15, -0.1) is 5.10 Å². The fourth-order valence-electron chi connectivity index (χ4n) is 2.21. The van der Waals surface area contributed by atoms with Crippen LogP contribution in [0.15, 0.2) is 47.6 Å². The van der Waals surface area contributed by atoms with Gasteiger partial charge in [0, 0.05) is 11.3 Å². The minimum absolute atomic E-state index is 0.0498. The van der Waals surface area contributed by atoms with Gasteiger partial charge in [0.05, 0.1) is 17.4 Å². The molecule has 1 amide bonds. The van der Waals surface area contributed by atoms with E-state index in [1.807, 2.05) is 24.3 Å². The first-order chi connectivity index (χ1) is 13.0. The molecule has 1 heterocycles. The summed E-state index contributed by atoms with van der Waals surface area (Å²) in [6.45, 7) is 1.73. The molecule has 2 N–H and O–H groups in total. The average Bonchev–Trinajstić information content (AvgIpc) is 3.13. The Morgan fingerprint density at radius 3 is 2.70 bits per heavy atom. The van der Waals surface area contributed by atoms with Gasteiger partial charge in [0.15, 0.2) is 5.82 Å². The van der Waals surface area contributed by atoms with E-state index in [2.05, 4.69) is 20.5 Å². The first-order valence-corrected chi connectivity index (χ1v) is 9.21. The molecule has 9 heteroatoms. The van der Waals surface area contributed by atoms with Crippen molar-refractivity contribution < 1.29 is 13.9 Å². The summed E-state index contributed by atoms with van der Waals surface area (Å²) in [4.78, 5) is 16.7. The van der Waals surface area contributed by atoms with Gasteiger partial charge in [-0.2, -0.15) is 0 Å². The Bertz CT molecular complexity index is 949. The Morgan fingerprint density at radius 1 is 1.30 bits per heavy atom. The summed E-state index contributed by atoms with van der Waals surface area (Å²) in [5.74, 6) is 0.541. The van der Waals surface area contributed by atoms with E-state index in [0.29, 0.717) is 16.7 Å². The highest BCUT2D eigenvalue weighted by atomic mass is 35.5. The molecule has 140 valence electrons. The van der Waals surface area contributed by atoms with E-state index in [1.165, 1.54) is 30.0 Å². The Kier molecular flexibility index (Phi) is 5.98. The van der Waals surface area contributed by atoms with Gasteiger partial charge in [-0.05, 0) is 49.4 Å². The third-order valence-electron chi connectivity index (χ3n) is 3.67. The third kappa shape index (κ3) is 4.78. The molecule has 0 spiro atoms. The first-order valence-electron chi connectivity index (χ1n) is 7.95. The second-order valence-corrected chi connectivity index (χ2v) is 7.29. The molecule has 27 heavy (non-hydrogen) atoms. The topological polar surface area (TPSA) is 79.9 Å². The van der Waals surface area contributed by atoms with Crippen LogP contribution in [0, 0.1) is 5.82 Å². The summed E-state index contributed by atoms with van der Waals surface area (Å²) >= 11 is 6.93. The van der Waals surface area contributed by atoms with Crippen LogP contribution in [0.25, 0.3) is 11.4 Å². The maximum absolute atomic E-state index is 13.2. The lowest BCUT2D eigenvalue weighted by molar-refractivity contribution is -0.115. The molecule has 2 aromatic carbocycles. The number of rotatable bonds is 6. The van der Waals surface area contributed by atoms with Gasteiger partial charge < -0.3 is 10.1 Å². The number of hydrogen-bond acceptors (Lipinski definition) is 5. The average molecular weight is 407 g/mol. The Balaban J connectivity index is 1.63. The summed E-state index contributed by atoms with van der Waals surface area (Å²) in [5.41, 5.74) is 1.28. The molecule has 3 rings (SSSR count). The van der Waals surface area contributed by atoms with E-state index < -0.39 is 11.1 Å². The van der Waals surface area contributed by atoms with Gasteiger partial charge in [0.1, 0.15) is 11.6 Å². The quantitative estimate of drug-likeness (QED) is 0.593. The Morgan fingerprint density at radius 2 is 2.04 bits per heavy atom. The molecule has 0 radical (unpaired) electrons. The van der Waals surface area contributed by atoms with Crippen molar-refractivity contribution in [2.75, 3.05) is 12.4 Å². The number of thioether (sulfide) groups is 1. The highest BCUT2D eigenvalue weighted by Gasteiger charge is 2.18. The number of amides is 1. The molecule has 0 fully saturated rings. The molecule has 0 saturated heterocycles. The van der Waals surface area contributed by atoms with Crippen LogP contribution in [-0.2, 0) is 4.79 Å². The van der Waals surface area contributed by atoms with E-state index in [-0.39, 0.29) is 10.9 Å². The number of H-pyrrole nitrogens is 1. The molecule has 6 nitrogen and oxygen atoms in total. The second kappa shape index (κ2) is 8.41. The van der Waals surface area contributed by atoms with Gasteiger partial charge in [-0.1, -0.05) is 23.4 Å². The third-order valence-corrected chi connectivity index (χ3v) is 4.92. The first kappa shape index (κ1) is 19.2. The smallest absolute Gasteiger partial charge is 0.237 e. The van der Waals surface area contributed by atoms with Gasteiger partial charge in [0.2, 0.25) is 11.1 Å². The number of nitrogens with one attached hydrogen (secondary N) is 2. The normalized spacial score (nSPS) is 11.9. The van der Waals surface area contributed by atoms with Crippen LogP contribution in [0.3, 0.4) is 0 Å². The second-order valence-electron chi connectivity index (χ2n) is 5.57. The standard InChI is InChI=1S/C18H16ClFN4O2S/c1-10(17(25)21-12-5-8-15(20)14(19)9-12)27-18-22-16(23-24-18)11-3-6-13(26-2)7-4-11/h3-10H,1-2H3,(H,21,25)(H,22,23,24)/t10-/m1/s1. The van der Waals surface area contributed by atoms with Gasteiger partial charge in [-0.3, -0.25) is 9.89 Å². The highest BCUT2D eigenvalue weighted by molar-refractivity contribution is 8.00. The number of hydrogen-bond donors (Lipinski definition) is 2. The molecule has 0 saturated carbocycles. The number of aromatic nitrogens is 3. The zero-order valence-electron chi connectivity index (χ0n) is 14.5. The van der Waals surface area contributed by atoms with Crippen LogP contribution in [0.2, 0.25) is 5.02 Å². The van der Waals surface area contributed by atoms with E-state index >= 15 is 0 Å². The number of nitrogens with zero attached hydrogens (tertiary/aromatic N) is 2. The van der Waals surface area contributed by atoms with Gasteiger partial charge in [0.25, 0.3) is 0 Å². The SMILES string of the molecule is COc1ccc(-c2nc(S[C@H](C)C(=O)Nc3ccc(F)c(Cl)c3)n[nH]2)cc1. The van der Waals surface area contributed by atoms with Gasteiger partial charge >= 0.3 is 0 Å². The van der Waals surface area contributed by atoms with Crippen molar-refractivity contribution in [2.45, 2.75) is 17.3 Å².